The van der Waals surface area contributed by atoms with E-state index in [0.29, 0.717) is 5.92 Å². The maximum Gasteiger partial charge on any atom is 0.128 e. The van der Waals surface area contributed by atoms with Gasteiger partial charge < -0.3 is 10.1 Å². The summed E-state index contributed by atoms with van der Waals surface area (Å²) in [6.45, 7) is 8.25. The van der Waals surface area contributed by atoms with Gasteiger partial charge >= 0.3 is 0 Å². The fraction of sp³-hybridized carbons (Fsp3) is 0.625. The number of piperazine rings is 1. The number of methoxy groups -OCH3 is 1. The highest BCUT2D eigenvalue weighted by atomic mass is 19.1. The first-order chi connectivity index (χ1) is 9.61. The van der Waals surface area contributed by atoms with Crippen molar-refractivity contribution in [3.63, 3.8) is 0 Å². The van der Waals surface area contributed by atoms with Crippen molar-refractivity contribution in [3.05, 3.63) is 29.6 Å². The second-order valence-corrected chi connectivity index (χ2v) is 5.82. The average molecular weight is 280 g/mol. The van der Waals surface area contributed by atoms with Crippen molar-refractivity contribution in [2.45, 2.75) is 26.3 Å². The lowest BCUT2D eigenvalue weighted by molar-refractivity contribution is 0.151. The van der Waals surface area contributed by atoms with E-state index in [1.807, 2.05) is 6.07 Å². The third-order valence-electron chi connectivity index (χ3n) is 3.85. The molecule has 1 aromatic rings. The van der Waals surface area contributed by atoms with Gasteiger partial charge in [-0.25, -0.2) is 4.39 Å². The SMILES string of the molecule is COc1ccc(F)c([C@H](CC(C)C)N2CCNCC2)c1. The second kappa shape index (κ2) is 7.04. The molecule has 1 aliphatic rings. The van der Waals surface area contributed by atoms with Crippen molar-refractivity contribution < 1.29 is 9.13 Å². The number of nitrogens with one attached hydrogen (secondary N) is 1. The van der Waals surface area contributed by atoms with Crippen molar-refractivity contribution in [3.8, 4) is 5.75 Å². The summed E-state index contributed by atoms with van der Waals surface area (Å²) in [5.41, 5.74) is 0.764. The molecule has 2 rings (SSSR count). The van der Waals surface area contributed by atoms with Gasteiger partial charge in [0, 0.05) is 37.8 Å². The van der Waals surface area contributed by atoms with Crippen LogP contribution in [0, 0.1) is 11.7 Å². The average Bonchev–Trinajstić information content (AvgIpc) is 2.46. The highest BCUT2D eigenvalue weighted by Crippen LogP contribution is 2.32. The Morgan fingerprint density at radius 3 is 2.60 bits per heavy atom. The Labute approximate surface area is 121 Å². The van der Waals surface area contributed by atoms with Crippen LogP contribution in [-0.2, 0) is 0 Å². The molecule has 1 aromatic carbocycles. The fourth-order valence-electron chi connectivity index (χ4n) is 2.82. The normalized spacial score (nSPS) is 18.2. The Morgan fingerprint density at radius 1 is 1.30 bits per heavy atom. The number of nitrogens with zero attached hydrogens (tertiary/aromatic N) is 1. The zero-order chi connectivity index (χ0) is 14.5. The lowest BCUT2D eigenvalue weighted by Crippen LogP contribution is -2.45. The smallest absolute Gasteiger partial charge is 0.128 e. The molecule has 1 fully saturated rings. The number of hydrogen-bond donors (Lipinski definition) is 1. The van der Waals surface area contributed by atoms with Crippen LogP contribution in [-0.4, -0.2) is 38.2 Å². The summed E-state index contributed by atoms with van der Waals surface area (Å²) in [5, 5.41) is 3.35. The van der Waals surface area contributed by atoms with Gasteiger partial charge in [0.05, 0.1) is 7.11 Å². The van der Waals surface area contributed by atoms with Crippen LogP contribution < -0.4 is 10.1 Å². The minimum absolute atomic E-state index is 0.130. The summed E-state index contributed by atoms with van der Waals surface area (Å²) in [7, 11) is 1.62. The van der Waals surface area contributed by atoms with E-state index in [9.17, 15) is 4.39 Å². The molecule has 0 amide bonds. The third kappa shape index (κ3) is 3.70. The van der Waals surface area contributed by atoms with Gasteiger partial charge in [0.15, 0.2) is 0 Å². The summed E-state index contributed by atoms with van der Waals surface area (Å²) >= 11 is 0. The van der Waals surface area contributed by atoms with Gasteiger partial charge in [-0.3, -0.25) is 4.90 Å². The van der Waals surface area contributed by atoms with Gasteiger partial charge in [0.2, 0.25) is 0 Å². The lowest BCUT2D eigenvalue weighted by Gasteiger charge is -2.36. The third-order valence-corrected chi connectivity index (χ3v) is 3.85. The first-order valence-corrected chi connectivity index (χ1v) is 7.40. The van der Waals surface area contributed by atoms with E-state index in [1.165, 1.54) is 6.07 Å². The zero-order valence-corrected chi connectivity index (χ0v) is 12.7. The minimum Gasteiger partial charge on any atom is -0.497 e. The van der Waals surface area contributed by atoms with E-state index < -0.39 is 0 Å². The van der Waals surface area contributed by atoms with Gasteiger partial charge in [0.1, 0.15) is 11.6 Å². The van der Waals surface area contributed by atoms with Crippen molar-refractivity contribution in [2.75, 3.05) is 33.3 Å². The molecule has 0 radical (unpaired) electrons. The van der Waals surface area contributed by atoms with Crippen LogP contribution in [0.4, 0.5) is 4.39 Å². The topological polar surface area (TPSA) is 24.5 Å². The number of rotatable bonds is 5. The van der Waals surface area contributed by atoms with E-state index in [-0.39, 0.29) is 11.9 Å². The van der Waals surface area contributed by atoms with Crippen LogP contribution >= 0.6 is 0 Å². The van der Waals surface area contributed by atoms with Crippen LogP contribution in [0.2, 0.25) is 0 Å². The molecule has 1 aliphatic heterocycles. The van der Waals surface area contributed by atoms with E-state index >= 15 is 0 Å². The summed E-state index contributed by atoms with van der Waals surface area (Å²) < 4.78 is 19.5. The summed E-state index contributed by atoms with van der Waals surface area (Å²) in [6.07, 6.45) is 0.962. The molecule has 0 spiro atoms. The maximum absolute atomic E-state index is 14.3. The Morgan fingerprint density at radius 2 is 2.00 bits per heavy atom. The van der Waals surface area contributed by atoms with Crippen LogP contribution in [0.15, 0.2) is 18.2 Å². The van der Waals surface area contributed by atoms with Gasteiger partial charge in [-0.05, 0) is 30.5 Å². The molecule has 1 heterocycles. The molecule has 0 aromatic heterocycles. The van der Waals surface area contributed by atoms with Crippen LogP contribution in [0.5, 0.6) is 5.75 Å². The molecule has 112 valence electrons. The van der Waals surface area contributed by atoms with Gasteiger partial charge in [-0.2, -0.15) is 0 Å². The quantitative estimate of drug-likeness (QED) is 0.897. The van der Waals surface area contributed by atoms with Crippen LogP contribution in [0.1, 0.15) is 31.9 Å². The first-order valence-electron chi connectivity index (χ1n) is 7.40. The molecular weight excluding hydrogens is 255 g/mol. The van der Waals surface area contributed by atoms with E-state index in [1.54, 1.807) is 13.2 Å². The summed E-state index contributed by atoms with van der Waals surface area (Å²) in [6, 6.07) is 5.18. The van der Waals surface area contributed by atoms with Gasteiger partial charge in [-0.1, -0.05) is 13.8 Å². The van der Waals surface area contributed by atoms with Crippen molar-refractivity contribution in [2.24, 2.45) is 5.92 Å². The fourth-order valence-corrected chi connectivity index (χ4v) is 2.82. The predicted octanol–water partition coefficient (Wildman–Crippen LogP) is 2.83. The molecule has 20 heavy (non-hydrogen) atoms. The molecule has 4 heteroatoms. The van der Waals surface area contributed by atoms with Crippen molar-refractivity contribution in [1.82, 2.24) is 10.2 Å². The highest BCUT2D eigenvalue weighted by molar-refractivity contribution is 5.32. The monoisotopic (exact) mass is 280 g/mol. The van der Waals surface area contributed by atoms with E-state index in [0.717, 1.165) is 43.9 Å². The number of halogens is 1. The first kappa shape index (κ1) is 15.3. The largest absolute Gasteiger partial charge is 0.497 e. The minimum atomic E-state index is -0.130. The van der Waals surface area contributed by atoms with Gasteiger partial charge in [0.25, 0.3) is 0 Å². The lowest BCUT2D eigenvalue weighted by atomic mass is 9.94. The highest BCUT2D eigenvalue weighted by Gasteiger charge is 2.25. The maximum atomic E-state index is 14.3. The number of ether oxygens (including phenoxy) is 1. The van der Waals surface area contributed by atoms with Gasteiger partial charge in [-0.15, -0.1) is 0 Å². The molecule has 0 aliphatic carbocycles. The molecular formula is C16H25FN2O. The Bertz CT molecular complexity index is 430. The second-order valence-electron chi connectivity index (χ2n) is 5.82. The molecule has 0 bridgehead atoms. The molecule has 1 N–H and O–H groups in total. The van der Waals surface area contributed by atoms with Crippen LogP contribution in [0.3, 0.4) is 0 Å². The summed E-state index contributed by atoms with van der Waals surface area (Å²) in [4.78, 5) is 2.38. The Balaban J connectivity index is 2.29. The molecule has 0 saturated carbocycles. The molecule has 0 unspecified atom stereocenters. The number of benzene rings is 1. The van der Waals surface area contributed by atoms with Crippen molar-refractivity contribution >= 4 is 0 Å². The number of hydrogen-bond acceptors (Lipinski definition) is 3. The molecule has 3 nitrogen and oxygen atoms in total. The predicted molar refractivity (Wildman–Crippen MR) is 79.6 cm³/mol. The van der Waals surface area contributed by atoms with Crippen molar-refractivity contribution in [1.29, 1.82) is 0 Å². The molecule has 1 saturated heterocycles. The Hall–Kier alpha value is -1.13. The zero-order valence-electron chi connectivity index (χ0n) is 12.7. The molecule has 1 atom stereocenters. The van der Waals surface area contributed by atoms with E-state index in [4.69, 9.17) is 4.74 Å². The van der Waals surface area contributed by atoms with Crippen LogP contribution in [0.25, 0.3) is 0 Å². The Kier molecular flexibility index (Phi) is 5.38. The van der Waals surface area contributed by atoms with E-state index in [2.05, 4.69) is 24.1 Å². The standard InChI is InChI=1S/C16H25FN2O/c1-12(2)10-16(19-8-6-18-7-9-19)14-11-13(20-3)4-5-15(14)17/h4-5,11-12,16,18H,6-10H2,1-3H3/t16-/m0/s1. The summed E-state index contributed by atoms with van der Waals surface area (Å²) in [5.74, 6) is 1.13.